The molecule has 1 aromatic carbocycles. The minimum atomic E-state index is 0.542. The molecule has 0 aliphatic carbocycles. The quantitative estimate of drug-likeness (QED) is 0.648. The number of benzene rings is 1. The maximum Gasteiger partial charge on any atom is 0.140 e. The van der Waals surface area contributed by atoms with Crippen LogP contribution in [0.4, 0.5) is 0 Å². The van der Waals surface area contributed by atoms with Crippen molar-refractivity contribution in [2.24, 2.45) is 0 Å². The highest BCUT2D eigenvalue weighted by molar-refractivity contribution is 7.13. The van der Waals surface area contributed by atoms with Crippen LogP contribution in [0.5, 0.6) is 0 Å². The Bertz CT molecular complexity index is 643. The zero-order valence-corrected chi connectivity index (χ0v) is 9.79. The first kappa shape index (κ1) is 9.75. The molecule has 78 valence electrons. The van der Waals surface area contributed by atoms with Crippen LogP contribution in [0.2, 0.25) is 5.15 Å². The number of hydrogen-bond donors (Lipinski definition) is 0. The van der Waals surface area contributed by atoms with E-state index in [0.29, 0.717) is 5.15 Å². The van der Waals surface area contributed by atoms with Gasteiger partial charge in [0.05, 0.1) is 0 Å². The lowest BCUT2D eigenvalue weighted by atomic mass is 10.1. The van der Waals surface area contributed by atoms with E-state index in [1.54, 1.807) is 17.5 Å². The van der Waals surface area contributed by atoms with E-state index in [1.807, 2.05) is 29.8 Å². The first-order chi connectivity index (χ1) is 7.84. The lowest BCUT2D eigenvalue weighted by Crippen LogP contribution is -1.81. The summed E-state index contributed by atoms with van der Waals surface area (Å²) in [4.78, 5) is 8.44. The molecule has 0 amide bonds. The second-order valence-corrected chi connectivity index (χ2v) is 4.62. The van der Waals surface area contributed by atoms with Gasteiger partial charge in [-0.1, -0.05) is 29.8 Å². The Kier molecular flexibility index (Phi) is 2.35. The fraction of sp³-hybridized carbons (Fsp3) is 0. The molecule has 3 rings (SSSR count). The average Bonchev–Trinajstić information content (AvgIpc) is 2.75. The zero-order chi connectivity index (χ0) is 11.0. The molecule has 0 aliphatic rings. The molecule has 0 aliphatic heterocycles. The summed E-state index contributed by atoms with van der Waals surface area (Å²) in [6.45, 7) is 0. The first-order valence-corrected chi connectivity index (χ1v) is 6.04. The Morgan fingerprint density at radius 1 is 1.19 bits per heavy atom. The molecule has 3 aromatic rings. The van der Waals surface area contributed by atoms with E-state index in [0.717, 1.165) is 16.0 Å². The van der Waals surface area contributed by atoms with Crippen molar-refractivity contribution in [2.75, 3.05) is 0 Å². The smallest absolute Gasteiger partial charge is 0.140 e. The predicted octanol–water partition coefficient (Wildman–Crippen LogP) is 4.01. The largest absolute Gasteiger partial charge is 0.264 e. The number of hydrogen-bond acceptors (Lipinski definition) is 3. The van der Waals surface area contributed by atoms with Gasteiger partial charge in [0, 0.05) is 28.7 Å². The molecule has 0 atom stereocenters. The summed E-state index contributed by atoms with van der Waals surface area (Å²) < 4.78 is 0. The number of rotatable bonds is 1. The van der Waals surface area contributed by atoms with E-state index in [1.165, 1.54) is 5.39 Å². The summed E-state index contributed by atoms with van der Waals surface area (Å²) in [5.74, 6) is 0. The van der Waals surface area contributed by atoms with Crippen molar-refractivity contribution in [1.29, 1.82) is 0 Å². The van der Waals surface area contributed by atoms with Crippen LogP contribution < -0.4 is 0 Å². The van der Waals surface area contributed by atoms with Gasteiger partial charge < -0.3 is 0 Å². The highest BCUT2D eigenvalue weighted by atomic mass is 35.5. The third-order valence-electron chi connectivity index (χ3n) is 2.39. The monoisotopic (exact) mass is 246 g/mol. The van der Waals surface area contributed by atoms with Gasteiger partial charge in [-0.2, -0.15) is 0 Å². The maximum absolute atomic E-state index is 5.85. The number of fused-ring (bicyclic) bond motifs is 1. The standard InChI is InChI=1S/C12H7ClN2S/c13-11-7-16-12(15-11)9-3-1-2-8-4-5-14-6-10(8)9/h1-7H. The second kappa shape index (κ2) is 3.85. The van der Waals surface area contributed by atoms with Crippen LogP contribution in [0.3, 0.4) is 0 Å². The molecule has 0 unspecified atom stereocenters. The lowest BCUT2D eigenvalue weighted by molar-refractivity contribution is 1.36. The lowest BCUT2D eigenvalue weighted by Gasteiger charge is -2.02. The van der Waals surface area contributed by atoms with Gasteiger partial charge in [0.1, 0.15) is 10.2 Å². The van der Waals surface area contributed by atoms with Gasteiger partial charge in [0.2, 0.25) is 0 Å². The molecule has 4 heteroatoms. The summed E-state index contributed by atoms with van der Waals surface area (Å²) >= 11 is 7.39. The average molecular weight is 247 g/mol. The molecule has 0 saturated heterocycles. The van der Waals surface area contributed by atoms with Gasteiger partial charge in [-0.05, 0) is 11.5 Å². The van der Waals surface area contributed by atoms with Gasteiger partial charge in [-0.3, -0.25) is 4.98 Å². The maximum atomic E-state index is 5.85. The Morgan fingerprint density at radius 3 is 2.94 bits per heavy atom. The topological polar surface area (TPSA) is 25.8 Å². The molecular weight excluding hydrogens is 240 g/mol. The highest BCUT2D eigenvalue weighted by Gasteiger charge is 2.07. The van der Waals surface area contributed by atoms with Crippen LogP contribution in [0.25, 0.3) is 21.3 Å². The van der Waals surface area contributed by atoms with E-state index in [9.17, 15) is 0 Å². The van der Waals surface area contributed by atoms with E-state index in [4.69, 9.17) is 11.6 Å². The molecule has 16 heavy (non-hydrogen) atoms. The fourth-order valence-electron chi connectivity index (χ4n) is 1.68. The number of aromatic nitrogens is 2. The zero-order valence-electron chi connectivity index (χ0n) is 8.22. The predicted molar refractivity (Wildman–Crippen MR) is 67.9 cm³/mol. The van der Waals surface area contributed by atoms with Gasteiger partial charge in [0.15, 0.2) is 0 Å². The van der Waals surface area contributed by atoms with Crippen LogP contribution in [0.1, 0.15) is 0 Å². The van der Waals surface area contributed by atoms with E-state index < -0.39 is 0 Å². The third-order valence-corrected chi connectivity index (χ3v) is 3.59. The van der Waals surface area contributed by atoms with Crippen LogP contribution >= 0.6 is 22.9 Å². The van der Waals surface area contributed by atoms with Crippen molar-refractivity contribution in [2.45, 2.75) is 0 Å². The van der Waals surface area contributed by atoms with Gasteiger partial charge >= 0.3 is 0 Å². The van der Waals surface area contributed by atoms with E-state index >= 15 is 0 Å². The molecule has 2 aromatic heterocycles. The minimum absolute atomic E-state index is 0.542. The molecule has 0 radical (unpaired) electrons. The first-order valence-electron chi connectivity index (χ1n) is 4.79. The molecule has 0 fully saturated rings. The Morgan fingerprint density at radius 2 is 2.12 bits per heavy atom. The van der Waals surface area contributed by atoms with Crippen LogP contribution in [-0.4, -0.2) is 9.97 Å². The fourth-order valence-corrected chi connectivity index (χ4v) is 2.66. The van der Waals surface area contributed by atoms with Crippen LogP contribution in [0.15, 0.2) is 42.0 Å². The summed E-state index contributed by atoms with van der Waals surface area (Å²) in [6.07, 6.45) is 3.65. The summed E-state index contributed by atoms with van der Waals surface area (Å²) in [5.41, 5.74) is 1.09. The second-order valence-electron chi connectivity index (χ2n) is 3.38. The van der Waals surface area contributed by atoms with Crippen LogP contribution in [-0.2, 0) is 0 Å². The molecule has 0 bridgehead atoms. The third kappa shape index (κ3) is 1.58. The Hall–Kier alpha value is -1.45. The van der Waals surface area contributed by atoms with Crippen molar-refractivity contribution in [3.05, 3.63) is 47.2 Å². The number of thiazole rings is 1. The summed E-state index contributed by atoms with van der Waals surface area (Å²) in [6, 6.07) is 8.12. The van der Waals surface area contributed by atoms with Crippen molar-refractivity contribution in [3.8, 4) is 10.6 Å². The molecule has 2 nitrogen and oxygen atoms in total. The summed E-state index contributed by atoms with van der Waals surface area (Å²) in [5, 5.41) is 5.59. The molecular formula is C12H7ClN2S. The Balaban J connectivity index is 2.31. The molecule has 0 saturated carbocycles. The van der Waals surface area contributed by atoms with Gasteiger partial charge in [-0.25, -0.2) is 4.98 Å². The van der Waals surface area contributed by atoms with E-state index in [-0.39, 0.29) is 0 Å². The summed E-state index contributed by atoms with van der Waals surface area (Å²) in [7, 11) is 0. The van der Waals surface area contributed by atoms with Crippen molar-refractivity contribution in [3.63, 3.8) is 0 Å². The molecule has 2 heterocycles. The SMILES string of the molecule is Clc1csc(-c2cccc3ccncc23)n1. The van der Waals surface area contributed by atoms with Crippen molar-refractivity contribution < 1.29 is 0 Å². The normalized spacial score (nSPS) is 10.8. The van der Waals surface area contributed by atoms with Crippen molar-refractivity contribution in [1.82, 2.24) is 9.97 Å². The number of nitrogens with zero attached hydrogens (tertiary/aromatic N) is 2. The Labute approximate surface area is 102 Å². The number of pyridine rings is 1. The van der Waals surface area contributed by atoms with Gasteiger partial charge in [0.25, 0.3) is 0 Å². The van der Waals surface area contributed by atoms with Crippen LogP contribution in [0, 0.1) is 0 Å². The minimum Gasteiger partial charge on any atom is -0.264 e. The molecule has 0 spiro atoms. The highest BCUT2D eigenvalue weighted by Crippen LogP contribution is 2.31. The number of halogens is 1. The molecule has 0 N–H and O–H groups in total. The van der Waals surface area contributed by atoms with Crippen molar-refractivity contribution >= 4 is 33.7 Å². The van der Waals surface area contributed by atoms with Gasteiger partial charge in [-0.15, -0.1) is 11.3 Å². The van der Waals surface area contributed by atoms with E-state index in [2.05, 4.69) is 16.0 Å².